The van der Waals surface area contributed by atoms with Crippen LogP contribution in [0.15, 0.2) is 42.5 Å². The summed E-state index contributed by atoms with van der Waals surface area (Å²) < 4.78 is 48.3. The summed E-state index contributed by atoms with van der Waals surface area (Å²) in [5.41, 5.74) is -1.78. The Kier molecular flexibility index (Phi) is 5.83. The summed E-state index contributed by atoms with van der Waals surface area (Å²) in [6, 6.07) is 9.27. The number of aliphatic hydroxyl groups is 1. The van der Waals surface area contributed by atoms with E-state index in [2.05, 4.69) is 15.5 Å². The van der Waals surface area contributed by atoms with Crippen LogP contribution in [0.2, 0.25) is 5.02 Å². The zero-order chi connectivity index (χ0) is 24.0. The van der Waals surface area contributed by atoms with Gasteiger partial charge < -0.3 is 19.7 Å². The second kappa shape index (κ2) is 8.35. The Balaban J connectivity index is 1.70. The number of carbonyl (C=O) groups excluding carboxylic acids is 1. The van der Waals surface area contributed by atoms with Crippen LogP contribution in [0.3, 0.4) is 0 Å². The smallest absolute Gasteiger partial charge is 0.417 e. The van der Waals surface area contributed by atoms with E-state index in [0.717, 1.165) is 6.07 Å². The van der Waals surface area contributed by atoms with Gasteiger partial charge in [-0.15, -0.1) is 10.2 Å². The van der Waals surface area contributed by atoms with Crippen LogP contribution in [0.25, 0.3) is 11.4 Å². The molecule has 2 aromatic carbocycles. The van der Waals surface area contributed by atoms with Gasteiger partial charge in [0.05, 0.1) is 23.8 Å². The maximum atomic E-state index is 13.5. The minimum absolute atomic E-state index is 0.0504. The molecule has 2 unspecified atom stereocenters. The van der Waals surface area contributed by atoms with Crippen molar-refractivity contribution in [2.45, 2.75) is 31.7 Å². The molecular weight excluding hydrogens is 461 g/mol. The molecular formula is C22H20ClF3N4O3. The standard InChI is InChI=1S/C22H20ClF3N4O3/c1-12-21(2,33-17-8-7-13(23)11-15(17)19(32)27-9-10-31)20-29-28-18(30(12)20)14-5-3-4-6-16(14)22(24,25)26/h3-8,11-12,31H,9-10H2,1-2H3,(H,27,32). The average molecular weight is 481 g/mol. The first-order valence-corrected chi connectivity index (χ1v) is 10.5. The molecule has 11 heteroatoms. The number of rotatable bonds is 6. The van der Waals surface area contributed by atoms with Crippen LogP contribution in [-0.2, 0) is 11.8 Å². The number of aliphatic hydroxyl groups excluding tert-OH is 1. The fraction of sp³-hybridized carbons (Fsp3) is 0.318. The number of carbonyl (C=O) groups is 1. The molecule has 2 N–H and O–H groups in total. The summed E-state index contributed by atoms with van der Waals surface area (Å²) in [6.07, 6.45) is -4.55. The van der Waals surface area contributed by atoms with Gasteiger partial charge in [-0.1, -0.05) is 29.8 Å². The number of alkyl halides is 3. The molecule has 4 rings (SSSR count). The Morgan fingerprint density at radius 3 is 2.70 bits per heavy atom. The molecule has 0 saturated heterocycles. The fourth-order valence-electron chi connectivity index (χ4n) is 3.87. The molecule has 33 heavy (non-hydrogen) atoms. The Morgan fingerprint density at radius 1 is 1.27 bits per heavy atom. The first kappa shape index (κ1) is 23.1. The van der Waals surface area contributed by atoms with Crippen molar-refractivity contribution in [3.63, 3.8) is 0 Å². The van der Waals surface area contributed by atoms with E-state index in [1.165, 1.54) is 30.3 Å². The highest BCUT2D eigenvalue weighted by atomic mass is 35.5. The van der Waals surface area contributed by atoms with Crippen molar-refractivity contribution in [1.29, 1.82) is 0 Å². The second-order valence-electron chi connectivity index (χ2n) is 7.77. The molecule has 1 aliphatic rings. The van der Waals surface area contributed by atoms with Crippen molar-refractivity contribution < 1.29 is 27.8 Å². The van der Waals surface area contributed by atoms with Crippen LogP contribution in [0, 0.1) is 0 Å². The number of benzene rings is 2. The van der Waals surface area contributed by atoms with Crippen LogP contribution >= 0.6 is 11.6 Å². The van der Waals surface area contributed by atoms with Gasteiger partial charge in [-0.05, 0) is 38.1 Å². The van der Waals surface area contributed by atoms with Gasteiger partial charge in [0.15, 0.2) is 17.2 Å². The highest BCUT2D eigenvalue weighted by Gasteiger charge is 2.53. The number of nitrogens with zero attached hydrogens (tertiary/aromatic N) is 3. The number of halogens is 4. The summed E-state index contributed by atoms with van der Waals surface area (Å²) in [6.45, 7) is 3.32. The van der Waals surface area contributed by atoms with E-state index in [4.69, 9.17) is 21.4 Å². The first-order valence-electron chi connectivity index (χ1n) is 10.1. The topological polar surface area (TPSA) is 89.3 Å². The van der Waals surface area contributed by atoms with Crippen LogP contribution in [0.4, 0.5) is 13.2 Å². The lowest BCUT2D eigenvalue weighted by Gasteiger charge is -2.45. The monoisotopic (exact) mass is 480 g/mol. The molecule has 2 heterocycles. The van der Waals surface area contributed by atoms with Gasteiger partial charge >= 0.3 is 6.18 Å². The third kappa shape index (κ3) is 3.93. The van der Waals surface area contributed by atoms with E-state index in [1.807, 2.05) is 0 Å². The third-order valence-corrected chi connectivity index (χ3v) is 5.94. The predicted molar refractivity (Wildman–Crippen MR) is 114 cm³/mol. The molecule has 0 fully saturated rings. The van der Waals surface area contributed by atoms with Gasteiger partial charge in [0.2, 0.25) is 0 Å². The van der Waals surface area contributed by atoms with Crippen molar-refractivity contribution in [2.24, 2.45) is 0 Å². The minimum Gasteiger partial charge on any atom is -0.477 e. The molecule has 3 aromatic rings. The lowest BCUT2D eigenvalue weighted by Crippen LogP contribution is -2.50. The molecule has 7 nitrogen and oxygen atoms in total. The average Bonchev–Trinajstić information content (AvgIpc) is 3.20. The number of hydrogen-bond acceptors (Lipinski definition) is 5. The van der Waals surface area contributed by atoms with Gasteiger partial charge in [-0.2, -0.15) is 13.2 Å². The van der Waals surface area contributed by atoms with Crippen LogP contribution < -0.4 is 10.1 Å². The molecule has 0 bridgehead atoms. The normalized spacial score (nSPS) is 19.5. The van der Waals surface area contributed by atoms with E-state index < -0.39 is 29.3 Å². The van der Waals surface area contributed by atoms with Crippen molar-refractivity contribution in [1.82, 2.24) is 20.1 Å². The highest BCUT2D eigenvalue weighted by Crippen LogP contribution is 2.50. The van der Waals surface area contributed by atoms with Gasteiger partial charge in [-0.3, -0.25) is 4.79 Å². The Bertz CT molecular complexity index is 1210. The number of ether oxygens (including phenoxy) is 1. The summed E-state index contributed by atoms with van der Waals surface area (Å²) in [7, 11) is 0. The van der Waals surface area contributed by atoms with Crippen LogP contribution in [0.1, 0.15) is 41.6 Å². The molecule has 0 aliphatic carbocycles. The van der Waals surface area contributed by atoms with E-state index in [0.29, 0.717) is 10.8 Å². The largest absolute Gasteiger partial charge is 0.477 e. The molecule has 2 atom stereocenters. The number of fused-ring (bicyclic) bond motifs is 1. The first-order chi connectivity index (χ1) is 15.6. The minimum atomic E-state index is -4.55. The number of nitrogens with one attached hydrogen (secondary N) is 1. The van der Waals surface area contributed by atoms with E-state index in [1.54, 1.807) is 24.5 Å². The van der Waals surface area contributed by atoms with Gasteiger partial charge in [-0.25, -0.2) is 0 Å². The SMILES string of the molecule is CC1n2c(-c3ccccc3C(F)(F)F)nnc2C1(C)Oc1ccc(Cl)cc1C(=O)NCCO. The Hall–Kier alpha value is -3.11. The van der Waals surface area contributed by atoms with Gasteiger partial charge in [0, 0.05) is 17.1 Å². The Morgan fingerprint density at radius 2 is 2.00 bits per heavy atom. The summed E-state index contributed by atoms with van der Waals surface area (Å²) in [5, 5.41) is 20.0. The summed E-state index contributed by atoms with van der Waals surface area (Å²) in [5.74, 6) is 0.149. The molecule has 0 radical (unpaired) electrons. The maximum absolute atomic E-state index is 13.5. The van der Waals surface area contributed by atoms with Crippen molar-refractivity contribution in [3.8, 4) is 17.1 Å². The van der Waals surface area contributed by atoms with Gasteiger partial charge in [0.1, 0.15) is 5.75 Å². The summed E-state index contributed by atoms with van der Waals surface area (Å²) >= 11 is 6.04. The third-order valence-electron chi connectivity index (χ3n) is 5.70. The number of amides is 1. The number of hydrogen-bond donors (Lipinski definition) is 2. The second-order valence-corrected chi connectivity index (χ2v) is 8.20. The fourth-order valence-corrected chi connectivity index (χ4v) is 4.04. The van der Waals surface area contributed by atoms with Crippen molar-refractivity contribution >= 4 is 17.5 Å². The molecule has 174 valence electrons. The molecule has 1 aliphatic heterocycles. The quantitative estimate of drug-likeness (QED) is 0.552. The molecule has 1 aromatic heterocycles. The lowest BCUT2D eigenvalue weighted by atomic mass is 9.87. The van der Waals surface area contributed by atoms with Crippen LogP contribution in [0.5, 0.6) is 5.75 Å². The maximum Gasteiger partial charge on any atom is 0.417 e. The van der Waals surface area contributed by atoms with Crippen LogP contribution in [-0.4, -0.2) is 38.9 Å². The van der Waals surface area contributed by atoms with E-state index in [-0.39, 0.29) is 35.9 Å². The van der Waals surface area contributed by atoms with Crippen molar-refractivity contribution in [2.75, 3.05) is 13.2 Å². The lowest BCUT2D eigenvalue weighted by molar-refractivity contribution is -0.137. The summed E-state index contributed by atoms with van der Waals surface area (Å²) in [4.78, 5) is 12.5. The molecule has 1 amide bonds. The van der Waals surface area contributed by atoms with Gasteiger partial charge in [0.25, 0.3) is 5.91 Å². The predicted octanol–water partition coefficient (Wildman–Crippen LogP) is 4.21. The molecule has 0 saturated carbocycles. The zero-order valence-corrected chi connectivity index (χ0v) is 18.4. The highest BCUT2D eigenvalue weighted by molar-refractivity contribution is 6.31. The van der Waals surface area contributed by atoms with Crippen molar-refractivity contribution in [3.05, 3.63) is 64.4 Å². The number of aromatic nitrogens is 3. The molecule has 0 spiro atoms. The van der Waals surface area contributed by atoms with E-state index >= 15 is 0 Å². The van der Waals surface area contributed by atoms with E-state index in [9.17, 15) is 18.0 Å². The zero-order valence-electron chi connectivity index (χ0n) is 17.7. The Labute approximate surface area is 192 Å².